The van der Waals surface area contributed by atoms with Crippen LogP contribution < -0.4 is 10.1 Å². The van der Waals surface area contributed by atoms with Gasteiger partial charge in [0.25, 0.3) is 0 Å². The molecule has 2 aromatic rings. The van der Waals surface area contributed by atoms with E-state index in [1.54, 1.807) is 7.11 Å². The fraction of sp³-hybridized carbons (Fsp3) is 0.389. The predicted molar refractivity (Wildman–Crippen MR) is 84.8 cm³/mol. The van der Waals surface area contributed by atoms with Crippen LogP contribution in [0.2, 0.25) is 0 Å². The van der Waals surface area contributed by atoms with E-state index in [0.29, 0.717) is 12.0 Å². The molecule has 1 aliphatic carbocycles. The van der Waals surface area contributed by atoms with Crippen LogP contribution in [0.5, 0.6) is 5.75 Å². The van der Waals surface area contributed by atoms with E-state index in [-0.39, 0.29) is 0 Å². The third-order valence-electron chi connectivity index (χ3n) is 4.49. The van der Waals surface area contributed by atoms with Crippen LogP contribution in [0.4, 0.5) is 0 Å². The van der Waals surface area contributed by atoms with Gasteiger partial charge in [-0.15, -0.1) is 0 Å². The average Bonchev–Trinajstić information content (AvgIpc) is 2.97. The summed E-state index contributed by atoms with van der Waals surface area (Å²) in [5.41, 5.74) is 3.93. The van der Waals surface area contributed by atoms with Gasteiger partial charge in [-0.3, -0.25) is 4.98 Å². The summed E-state index contributed by atoms with van der Waals surface area (Å²) in [6, 6.07) is 12.9. The van der Waals surface area contributed by atoms with Gasteiger partial charge in [-0.2, -0.15) is 0 Å². The first-order chi connectivity index (χ1) is 10.3. The second-order valence-electron chi connectivity index (χ2n) is 5.60. The summed E-state index contributed by atoms with van der Waals surface area (Å²) >= 11 is 0. The molecule has 0 spiro atoms. The van der Waals surface area contributed by atoms with E-state index in [0.717, 1.165) is 18.6 Å². The number of ether oxygens (including phenoxy) is 1. The number of likely N-dealkylation sites (N-methyl/N-ethyl adjacent to an activating group) is 1. The average molecular weight is 282 g/mol. The lowest BCUT2D eigenvalue weighted by Crippen LogP contribution is -2.33. The molecule has 0 fully saturated rings. The Morgan fingerprint density at radius 3 is 2.95 bits per heavy atom. The zero-order valence-electron chi connectivity index (χ0n) is 12.7. The van der Waals surface area contributed by atoms with Crippen molar-refractivity contribution in [2.24, 2.45) is 0 Å². The molecule has 1 heterocycles. The summed E-state index contributed by atoms with van der Waals surface area (Å²) in [7, 11) is 3.78. The molecular formula is C18H22N2O. The van der Waals surface area contributed by atoms with Crippen LogP contribution in [0.3, 0.4) is 0 Å². The third kappa shape index (κ3) is 2.79. The summed E-state index contributed by atoms with van der Waals surface area (Å²) in [6.07, 6.45) is 5.18. The van der Waals surface area contributed by atoms with Crippen LogP contribution in [-0.2, 0) is 12.8 Å². The number of methoxy groups -OCH3 is 1. The molecule has 1 N–H and O–H groups in total. The van der Waals surface area contributed by atoms with Gasteiger partial charge in [0, 0.05) is 23.9 Å². The predicted octanol–water partition coefficient (Wildman–Crippen LogP) is 2.95. The summed E-state index contributed by atoms with van der Waals surface area (Å²) in [5, 5.41) is 3.49. The molecule has 0 amide bonds. The molecule has 0 radical (unpaired) electrons. The van der Waals surface area contributed by atoms with Gasteiger partial charge in [-0.05, 0) is 49.6 Å². The molecule has 1 aromatic heterocycles. The maximum Gasteiger partial charge on any atom is 0.122 e. The Morgan fingerprint density at radius 2 is 2.14 bits per heavy atom. The Morgan fingerprint density at radius 1 is 1.29 bits per heavy atom. The Hall–Kier alpha value is -1.87. The molecule has 110 valence electrons. The molecule has 0 bridgehead atoms. The number of aromatic nitrogens is 1. The van der Waals surface area contributed by atoms with Gasteiger partial charge < -0.3 is 10.1 Å². The Bertz CT molecular complexity index is 612. The molecule has 3 nitrogen and oxygen atoms in total. The first-order valence-electron chi connectivity index (χ1n) is 7.56. The van der Waals surface area contributed by atoms with Gasteiger partial charge in [-0.25, -0.2) is 0 Å². The lowest BCUT2D eigenvalue weighted by atomic mass is 9.91. The first-order valence-corrected chi connectivity index (χ1v) is 7.56. The van der Waals surface area contributed by atoms with E-state index in [9.17, 15) is 0 Å². The number of pyridine rings is 1. The summed E-state index contributed by atoms with van der Waals surface area (Å²) < 4.78 is 5.48. The maximum absolute atomic E-state index is 5.48. The quantitative estimate of drug-likeness (QED) is 0.915. The van der Waals surface area contributed by atoms with Crippen LogP contribution in [0, 0.1) is 0 Å². The van der Waals surface area contributed by atoms with Gasteiger partial charge in [-0.1, -0.05) is 24.3 Å². The number of nitrogens with one attached hydrogen (secondary N) is 1. The molecule has 2 atom stereocenters. The topological polar surface area (TPSA) is 34.1 Å². The van der Waals surface area contributed by atoms with Crippen molar-refractivity contribution in [3.8, 4) is 5.75 Å². The highest BCUT2D eigenvalue weighted by atomic mass is 16.5. The lowest BCUT2D eigenvalue weighted by molar-refractivity contribution is 0.398. The van der Waals surface area contributed by atoms with Crippen molar-refractivity contribution in [3.63, 3.8) is 0 Å². The van der Waals surface area contributed by atoms with Crippen molar-refractivity contribution in [2.75, 3.05) is 14.2 Å². The second kappa shape index (κ2) is 6.27. The molecule has 0 saturated heterocycles. The van der Waals surface area contributed by atoms with E-state index in [2.05, 4.69) is 28.5 Å². The Labute approximate surface area is 126 Å². The van der Waals surface area contributed by atoms with Crippen molar-refractivity contribution in [3.05, 3.63) is 59.4 Å². The number of hydrogen-bond acceptors (Lipinski definition) is 3. The van der Waals surface area contributed by atoms with Gasteiger partial charge in [0.1, 0.15) is 5.75 Å². The standard InChI is InChI=1S/C18H22N2O/c1-19-16(12-14-6-3-4-8-17(14)21-2)15-10-9-13-7-5-11-20-18(13)15/h3-8,11,15-16,19H,9-10,12H2,1-2H3. The van der Waals surface area contributed by atoms with Crippen molar-refractivity contribution >= 4 is 0 Å². The van der Waals surface area contributed by atoms with Crippen LogP contribution in [0.15, 0.2) is 42.6 Å². The summed E-state index contributed by atoms with van der Waals surface area (Å²) in [5.74, 6) is 1.45. The monoisotopic (exact) mass is 282 g/mol. The van der Waals surface area contributed by atoms with Crippen molar-refractivity contribution < 1.29 is 4.74 Å². The molecular weight excluding hydrogens is 260 g/mol. The smallest absolute Gasteiger partial charge is 0.122 e. The van der Waals surface area contributed by atoms with Crippen molar-refractivity contribution in [1.82, 2.24) is 10.3 Å². The number of para-hydroxylation sites is 1. The van der Waals surface area contributed by atoms with E-state index >= 15 is 0 Å². The highest BCUT2D eigenvalue weighted by molar-refractivity contribution is 5.36. The van der Waals surface area contributed by atoms with Gasteiger partial charge >= 0.3 is 0 Å². The van der Waals surface area contributed by atoms with Crippen LogP contribution in [0.1, 0.15) is 29.2 Å². The fourth-order valence-corrected chi connectivity index (χ4v) is 3.39. The second-order valence-corrected chi connectivity index (χ2v) is 5.60. The fourth-order valence-electron chi connectivity index (χ4n) is 3.39. The van der Waals surface area contributed by atoms with E-state index in [1.807, 2.05) is 31.4 Å². The zero-order chi connectivity index (χ0) is 14.7. The molecule has 21 heavy (non-hydrogen) atoms. The molecule has 3 heteroatoms. The Balaban J connectivity index is 1.83. The first kappa shape index (κ1) is 14.1. The summed E-state index contributed by atoms with van der Waals surface area (Å²) in [4.78, 5) is 4.62. The number of rotatable bonds is 5. The number of benzene rings is 1. The van der Waals surface area contributed by atoms with E-state index in [4.69, 9.17) is 4.74 Å². The number of aryl methyl sites for hydroxylation is 1. The number of nitrogens with zero attached hydrogens (tertiary/aromatic N) is 1. The minimum Gasteiger partial charge on any atom is -0.496 e. The van der Waals surface area contributed by atoms with Gasteiger partial charge in [0.15, 0.2) is 0 Å². The minimum absolute atomic E-state index is 0.387. The van der Waals surface area contributed by atoms with Crippen LogP contribution in [-0.4, -0.2) is 25.2 Å². The van der Waals surface area contributed by atoms with Crippen LogP contribution >= 0.6 is 0 Å². The molecule has 3 rings (SSSR count). The zero-order valence-corrected chi connectivity index (χ0v) is 12.7. The third-order valence-corrected chi connectivity index (χ3v) is 4.49. The highest BCUT2D eigenvalue weighted by Crippen LogP contribution is 2.35. The van der Waals surface area contributed by atoms with Crippen LogP contribution in [0.25, 0.3) is 0 Å². The maximum atomic E-state index is 5.48. The number of hydrogen-bond donors (Lipinski definition) is 1. The molecule has 1 aliphatic rings. The normalized spacial score (nSPS) is 18.3. The molecule has 0 aliphatic heterocycles. The van der Waals surface area contributed by atoms with E-state index < -0.39 is 0 Å². The highest BCUT2D eigenvalue weighted by Gasteiger charge is 2.30. The SMILES string of the molecule is CNC(Cc1ccccc1OC)C1CCc2cccnc21. The molecule has 2 unspecified atom stereocenters. The largest absolute Gasteiger partial charge is 0.496 e. The molecule has 1 aromatic carbocycles. The molecule has 0 saturated carbocycles. The van der Waals surface area contributed by atoms with Gasteiger partial charge in [0.2, 0.25) is 0 Å². The number of fused-ring (bicyclic) bond motifs is 1. The Kier molecular flexibility index (Phi) is 4.20. The lowest BCUT2D eigenvalue weighted by Gasteiger charge is -2.24. The van der Waals surface area contributed by atoms with E-state index in [1.165, 1.54) is 23.2 Å². The minimum atomic E-state index is 0.387. The van der Waals surface area contributed by atoms with Crippen molar-refractivity contribution in [2.45, 2.75) is 31.2 Å². The summed E-state index contributed by atoms with van der Waals surface area (Å²) in [6.45, 7) is 0. The van der Waals surface area contributed by atoms with Crippen molar-refractivity contribution in [1.29, 1.82) is 0 Å². The van der Waals surface area contributed by atoms with Gasteiger partial charge in [0.05, 0.1) is 7.11 Å².